The summed E-state index contributed by atoms with van der Waals surface area (Å²) in [4.78, 5) is 12.0. The van der Waals surface area contributed by atoms with E-state index in [9.17, 15) is 15.0 Å². The first-order chi connectivity index (χ1) is 9.56. The lowest BCUT2D eigenvalue weighted by atomic mass is 10.3. The second kappa shape index (κ2) is 6.21. The van der Waals surface area contributed by atoms with Gasteiger partial charge in [0.15, 0.2) is 0 Å². The maximum atomic E-state index is 11.7. The zero-order valence-electron chi connectivity index (χ0n) is 10.4. The van der Waals surface area contributed by atoms with Crippen molar-refractivity contribution in [1.82, 2.24) is 0 Å². The molecule has 2 rings (SSSR count). The van der Waals surface area contributed by atoms with Gasteiger partial charge in [0.25, 0.3) is 0 Å². The molecule has 0 radical (unpaired) electrons. The molecule has 20 heavy (non-hydrogen) atoms. The topological polar surface area (TPSA) is 89.8 Å². The van der Waals surface area contributed by atoms with E-state index in [2.05, 4.69) is 5.32 Å². The number of carbonyl (C=O) groups is 1. The Morgan fingerprint density at radius 3 is 2.20 bits per heavy atom. The van der Waals surface area contributed by atoms with E-state index in [1.807, 2.05) is 0 Å². The van der Waals surface area contributed by atoms with Crippen molar-refractivity contribution in [2.24, 2.45) is 0 Å². The summed E-state index contributed by atoms with van der Waals surface area (Å²) in [5, 5.41) is 30.9. The van der Waals surface area contributed by atoms with Crippen LogP contribution in [-0.2, 0) is 4.79 Å². The molecule has 0 atom stereocenters. The van der Waals surface area contributed by atoms with E-state index in [-0.39, 0.29) is 33.8 Å². The smallest absolute Gasteiger partial charge is 0.234 e. The molecule has 0 fully saturated rings. The van der Waals surface area contributed by atoms with Crippen molar-refractivity contribution < 1.29 is 20.1 Å². The number of thioether (sulfide) groups is 1. The number of phenols is 3. The quantitative estimate of drug-likeness (QED) is 0.513. The summed E-state index contributed by atoms with van der Waals surface area (Å²) in [6.07, 6.45) is 0. The van der Waals surface area contributed by atoms with Crippen molar-refractivity contribution in [2.75, 3.05) is 11.1 Å². The number of hydrogen-bond donors (Lipinski definition) is 4. The van der Waals surface area contributed by atoms with Crippen molar-refractivity contribution in [3.05, 3.63) is 42.5 Å². The van der Waals surface area contributed by atoms with Crippen molar-refractivity contribution in [2.45, 2.75) is 4.90 Å². The summed E-state index contributed by atoms with van der Waals surface area (Å²) >= 11 is 1.04. The molecule has 0 spiro atoms. The van der Waals surface area contributed by atoms with Crippen molar-refractivity contribution in [3.63, 3.8) is 0 Å². The van der Waals surface area contributed by atoms with Crippen LogP contribution >= 0.6 is 11.8 Å². The maximum absolute atomic E-state index is 11.7. The first kappa shape index (κ1) is 14.1. The van der Waals surface area contributed by atoms with Crippen LogP contribution in [0.25, 0.3) is 0 Å². The van der Waals surface area contributed by atoms with Gasteiger partial charge in [0.05, 0.1) is 10.6 Å². The van der Waals surface area contributed by atoms with Crippen LogP contribution in [0.4, 0.5) is 5.69 Å². The van der Waals surface area contributed by atoms with Gasteiger partial charge in [-0.05, 0) is 36.4 Å². The summed E-state index contributed by atoms with van der Waals surface area (Å²) in [7, 11) is 0. The standard InChI is InChI=1S/C14H13NO4S/c16-10-6-4-9(5-7-10)15-13(19)8-20-14-11(17)2-1-3-12(14)18/h1-7,16-18H,8H2,(H,15,19). The Balaban J connectivity index is 1.94. The van der Waals surface area contributed by atoms with Crippen LogP contribution in [-0.4, -0.2) is 27.0 Å². The number of amides is 1. The Labute approximate surface area is 119 Å². The SMILES string of the molecule is O=C(CSc1c(O)cccc1O)Nc1ccc(O)cc1. The van der Waals surface area contributed by atoms with Gasteiger partial charge >= 0.3 is 0 Å². The molecule has 2 aromatic rings. The highest BCUT2D eigenvalue weighted by Gasteiger charge is 2.10. The van der Waals surface area contributed by atoms with E-state index >= 15 is 0 Å². The van der Waals surface area contributed by atoms with Crippen LogP contribution in [0.3, 0.4) is 0 Å². The summed E-state index contributed by atoms with van der Waals surface area (Å²) in [6, 6.07) is 10.5. The van der Waals surface area contributed by atoms with Gasteiger partial charge in [-0.2, -0.15) is 0 Å². The Morgan fingerprint density at radius 1 is 1.00 bits per heavy atom. The van der Waals surface area contributed by atoms with Crippen molar-refractivity contribution in [3.8, 4) is 17.2 Å². The predicted octanol–water partition coefficient (Wildman–Crippen LogP) is 2.53. The lowest BCUT2D eigenvalue weighted by molar-refractivity contribution is -0.113. The van der Waals surface area contributed by atoms with Gasteiger partial charge in [-0.1, -0.05) is 6.07 Å². The minimum atomic E-state index is -0.275. The summed E-state index contributed by atoms with van der Waals surface area (Å²) in [5.41, 5.74) is 0.565. The normalized spacial score (nSPS) is 10.2. The molecule has 0 aromatic heterocycles. The number of benzene rings is 2. The van der Waals surface area contributed by atoms with Crippen molar-refractivity contribution >= 4 is 23.4 Å². The summed E-state index contributed by atoms with van der Waals surface area (Å²) in [6.45, 7) is 0. The van der Waals surface area contributed by atoms with Crippen LogP contribution in [0.2, 0.25) is 0 Å². The van der Waals surface area contributed by atoms with Gasteiger partial charge in [0.1, 0.15) is 17.2 Å². The number of rotatable bonds is 4. The van der Waals surface area contributed by atoms with E-state index in [4.69, 9.17) is 5.11 Å². The van der Waals surface area contributed by atoms with Gasteiger partial charge in [-0.15, -0.1) is 11.8 Å². The van der Waals surface area contributed by atoms with Gasteiger partial charge < -0.3 is 20.6 Å². The van der Waals surface area contributed by atoms with E-state index in [0.29, 0.717) is 5.69 Å². The number of anilines is 1. The second-order valence-corrected chi connectivity index (χ2v) is 4.99. The first-order valence-electron chi connectivity index (χ1n) is 5.79. The summed E-state index contributed by atoms with van der Waals surface area (Å²) in [5.74, 6) is -0.230. The zero-order chi connectivity index (χ0) is 14.5. The highest BCUT2D eigenvalue weighted by atomic mass is 32.2. The molecule has 0 bridgehead atoms. The number of carbonyl (C=O) groups excluding carboxylic acids is 1. The third-order valence-corrected chi connectivity index (χ3v) is 3.59. The molecule has 0 unspecified atom stereocenters. The fourth-order valence-corrected chi connectivity index (χ4v) is 2.32. The predicted molar refractivity (Wildman–Crippen MR) is 77.2 cm³/mol. The van der Waals surface area contributed by atoms with E-state index in [1.54, 1.807) is 12.1 Å². The van der Waals surface area contributed by atoms with Crippen molar-refractivity contribution in [1.29, 1.82) is 0 Å². The Bertz CT molecular complexity index is 593. The van der Waals surface area contributed by atoms with Crippen LogP contribution in [0, 0.1) is 0 Å². The highest BCUT2D eigenvalue weighted by Crippen LogP contribution is 2.36. The Hall–Kier alpha value is -2.34. The van der Waals surface area contributed by atoms with Gasteiger partial charge in [0, 0.05) is 5.69 Å². The van der Waals surface area contributed by atoms with Crippen LogP contribution < -0.4 is 5.32 Å². The molecule has 0 heterocycles. The average molecular weight is 291 g/mol. The lowest BCUT2D eigenvalue weighted by Gasteiger charge is -2.07. The van der Waals surface area contributed by atoms with Gasteiger partial charge in [0.2, 0.25) is 5.91 Å². The number of phenolic OH excluding ortho intramolecular Hbond substituents is 3. The van der Waals surface area contributed by atoms with Crippen LogP contribution in [0.1, 0.15) is 0 Å². The lowest BCUT2D eigenvalue weighted by Crippen LogP contribution is -2.13. The van der Waals surface area contributed by atoms with Crippen LogP contribution in [0.15, 0.2) is 47.4 Å². The minimum Gasteiger partial charge on any atom is -0.508 e. The minimum absolute atomic E-state index is 0.0476. The largest absolute Gasteiger partial charge is 0.508 e. The monoisotopic (exact) mass is 291 g/mol. The number of hydrogen-bond acceptors (Lipinski definition) is 5. The zero-order valence-corrected chi connectivity index (χ0v) is 11.2. The molecular formula is C14H13NO4S. The molecular weight excluding hydrogens is 278 g/mol. The molecule has 0 aliphatic heterocycles. The van der Waals surface area contributed by atoms with Gasteiger partial charge in [-0.25, -0.2) is 0 Å². The second-order valence-electron chi connectivity index (χ2n) is 4.01. The molecule has 1 amide bonds. The van der Waals surface area contributed by atoms with Gasteiger partial charge in [-0.3, -0.25) is 4.79 Å². The maximum Gasteiger partial charge on any atom is 0.234 e. The molecule has 5 nitrogen and oxygen atoms in total. The molecule has 0 aliphatic rings. The molecule has 2 aromatic carbocycles. The average Bonchev–Trinajstić information content (AvgIpc) is 2.41. The van der Waals surface area contributed by atoms with E-state index < -0.39 is 0 Å². The molecule has 104 valence electrons. The molecule has 4 N–H and O–H groups in total. The molecule has 0 aliphatic carbocycles. The fraction of sp³-hybridized carbons (Fsp3) is 0.0714. The third-order valence-electron chi connectivity index (χ3n) is 2.47. The van der Waals surface area contributed by atoms with Crippen LogP contribution in [0.5, 0.6) is 17.2 Å². The Morgan fingerprint density at radius 2 is 1.60 bits per heavy atom. The number of aromatic hydroxyl groups is 3. The molecule has 0 saturated heterocycles. The van der Waals surface area contributed by atoms with E-state index in [0.717, 1.165) is 11.8 Å². The highest BCUT2D eigenvalue weighted by molar-refractivity contribution is 8.00. The van der Waals surface area contributed by atoms with E-state index in [1.165, 1.54) is 30.3 Å². The Kier molecular flexibility index (Phi) is 4.37. The first-order valence-corrected chi connectivity index (χ1v) is 6.77. The fourth-order valence-electron chi connectivity index (χ4n) is 1.54. The molecule has 6 heteroatoms. The number of nitrogens with one attached hydrogen (secondary N) is 1. The third kappa shape index (κ3) is 3.58. The summed E-state index contributed by atoms with van der Waals surface area (Å²) < 4.78 is 0. The molecule has 0 saturated carbocycles.